The van der Waals surface area contributed by atoms with Crippen LogP contribution in [0.4, 0.5) is 5.69 Å². The van der Waals surface area contributed by atoms with Gasteiger partial charge in [0.15, 0.2) is 5.17 Å². The molecule has 3 nitrogen and oxygen atoms in total. The molecule has 17 heavy (non-hydrogen) atoms. The highest BCUT2D eigenvalue weighted by Crippen LogP contribution is 2.18. The van der Waals surface area contributed by atoms with Gasteiger partial charge in [-0.15, -0.1) is 4.99 Å². The van der Waals surface area contributed by atoms with E-state index in [2.05, 4.69) is 16.8 Å². The molecule has 0 unspecified atom stereocenters. The molecule has 0 atom stereocenters. The number of amidine groups is 1. The summed E-state index contributed by atoms with van der Waals surface area (Å²) in [6, 6.07) is 10.1. The SMILES string of the molecule is CCCCN(C(=NC#N)SC)c1ccccc1. The molecule has 0 heterocycles. The minimum atomic E-state index is 0.757. The average Bonchev–Trinajstić information content (AvgIpc) is 2.39. The van der Waals surface area contributed by atoms with Gasteiger partial charge in [0.25, 0.3) is 0 Å². The van der Waals surface area contributed by atoms with E-state index in [1.54, 1.807) is 0 Å². The molecule has 0 saturated carbocycles. The Morgan fingerprint density at radius 2 is 2.12 bits per heavy atom. The number of hydrogen-bond acceptors (Lipinski definition) is 3. The van der Waals surface area contributed by atoms with Crippen LogP contribution in [0.5, 0.6) is 0 Å². The van der Waals surface area contributed by atoms with Crippen molar-refractivity contribution in [2.75, 3.05) is 17.7 Å². The minimum absolute atomic E-state index is 0.757. The molecule has 0 amide bonds. The number of nitrogens with zero attached hydrogens (tertiary/aromatic N) is 3. The lowest BCUT2D eigenvalue weighted by atomic mass is 10.2. The Balaban J connectivity index is 2.95. The lowest BCUT2D eigenvalue weighted by Gasteiger charge is -2.24. The standard InChI is InChI=1S/C13H17N3S/c1-3-4-10-16(13(17-2)15-11-14)12-8-6-5-7-9-12/h5-9H,3-4,10H2,1-2H3. The maximum atomic E-state index is 8.71. The van der Waals surface area contributed by atoms with Gasteiger partial charge in [-0.05, 0) is 24.8 Å². The van der Waals surface area contributed by atoms with E-state index in [1.165, 1.54) is 11.8 Å². The first-order chi connectivity index (χ1) is 8.33. The van der Waals surface area contributed by atoms with Gasteiger partial charge in [0.2, 0.25) is 6.19 Å². The molecule has 0 saturated heterocycles. The quantitative estimate of drug-likeness (QED) is 0.464. The zero-order valence-electron chi connectivity index (χ0n) is 10.3. The van der Waals surface area contributed by atoms with Gasteiger partial charge >= 0.3 is 0 Å². The predicted octanol–water partition coefficient (Wildman–Crippen LogP) is 3.49. The number of thioether (sulfide) groups is 1. The molecule has 0 bridgehead atoms. The van der Waals surface area contributed by atoms with E-state index in [9.17, 15) is 0 Å². The molecule has 0 aliphatic heterocycles. The van der Waals surface area contributed by atoms with Gasteiger partial charge in [-0.25, -0.2) is 0 Å². The average molecular weight is 247 g/mol. The Kier molecular flexibility index (Phi) is 6.19. The largest absolute Gasteiger partial charge is 0.320 e. The van der Waals surface area contributed by atoms with Gasteiger partial charge in [0, 0.05) is 12.2 Å². The molecular weight excluding hydrogens is 230 g/mol. The molecular formula is C13H17N3S. The number of anilines is 1. The van der Waals surface area contributed by atoms with E-state index in [4.69, 9.17) is 5.26 Å². The Morgan fingerprint density at radius 1 is 1.41 bits per heavy atom. The predicted molar refractivity (Wildman–Crippen MR) is 75.3 cm³/mol. The van der Waals surface area contributed by atoms with E-state index in [1.807, 2.05) is 42.8 Å². The highest BCUT2D eigenvalue weighted by Gasteiger charge is 2.11. The monoisotopic (exact) mass is 247 g/mol. The molecule has 1 aromatic rings. The highest BCUT2D eigenvalue weighted by atomic mass is 32.2. The summed E-state index contributed by atoms with van der Waals surface area (Å²) >= 11 is 1.50. The molecule has 1 aromatic carbocycles. The molecule has 0 radical (unpaired) electrons. The third kappa shape index (κ3) is 4.12. The second-order valence-electron chi connectivity index (χ2n) is 3.54. The van der Waals surface area contributed by atoms with E-state index < -0.39 is 0 Å². The van der Waals surface area contributed by atoms with Gasteiger partial charge in [-0.1, -0.05) is 43.3 Å². The summed E-state index contributed by atoms with van der Waals surface area (Å²) < 4.78 is 0. The van der Waals surface area contributed by atoms with E-state index in [-0.39, 0.29) is 0 Å². The van der Waals surface area contributed by atoms with Crippen LogP contribution in [0.25, 0.3) is 0 Å². The fourth-order valence-electron chi connectivity index (χ4n) is 1.52. The van der Waals surface area contributed by atoms with Crippen molar-refractivity contribution < 1.29 is 0 Å². The fourth-order valence-corrected chi connectivity index (χ4v) is 2.07. The molecule has 1 rings (SSSR count). The first-order valence-electron chi connectivity index (χ1n) is 5.66. The summed E-state index contributed by atoms with van der Waals surface area (Å²) in [5, 5.41) is 9.47. The van der Waals surface area contributed by atoms with Crippen LogP contribution in [0.2, 0.25) is 0 Å². The summed E-state index contributed by atoms with van der Waals surface area (Å²) in [6.45, 7) is 3.05. The molecule has 0 aliphatic carbocycles. The zero-order valence-corrected chi connectivity index (χ0v) is 11.1. The first-order valence-corrected chi connectivity index (χ1v) is 6.89. The van der Waals surface area contributed by atoms with Crippen molar-refractivity contribution in [1.82, 2.24) is 0 Å². The third-order valence-electron chi connectivity index (χ3n) is 2.36. The summed E-state index contributed by atoms with van der Waals surface area (Å²) in [6.07, 6.45) is 6.02. The van der Waals surface area contributed by atoms with Gasteiger partial charge < -0.3 is 4.90 Å². The number of para-hydroxylation sites is 1. The maximum Gasteiger partial charge on any atom is 0.208 e. The van der Waals surface area contributed by atoms with Gasteiger partial charge in [-0.3, -0.25) is 0 Å². The van der Waals surface area contributed by atoms with Crippen LogP contribution < -0.4 is 4.90 Å². The van der Waals surface area contributed by atoms with Crippen molar-refractivity contribution in [3.63, 3.8) is 0 Å². The smallest absolute Gasteiger partial charge is 0.208 e. The van der Waals surface area contributed by atoms with E-state index in [0.717, 1.165) is 30.2 Å². The number of hydrogen-bond donors (Lipinski definition) is 0. The fraction of sp³-hybridized carbons (Fsp3) is 0.385. The van der Waals surface area contributed by atoms with Crippen molar-refractivity contribution in [3.05, 3.63) is 30.3 Å². The van der Waals surface area contributed by atoms with Crippen molar-refractivity contribution in [3.8, 4) is 6.19 Å². The van der Waals surface area contributed by atoms with Crippen molar-refractivity contribution in [2.24, 2.45) is 4.99 Å². The lowest BCUT2D eigenvalue weighted by Crippen LogP contribution is -2.29. The number of benzene rings is 1. The molecule has 4 heteroatoms. The topological polar surface area (TPSA) is 39.4 Å². The summed E-state index contributed by atoms with van der Waals surface area (Å²) in [4.78, 5) is 5.98. The van der Waals surface area contributed by atoms with Crippen LogP contribution in [0.1, 0.15) is 19.8 Å². The Morgan fingerprint density at radius 3 is 2.65 bits per heavy atom. The van der Waals surface area contributed by atoms with Crippen molar-refractivity contribution >= 4 is 22.6 Å². The summed E-state index contributed by atoms with van der Waals surface area (Å²) in [7, 11) is 0. The number of aliphatic imine (C=N–C) groups is 1. The second kappa shape index (κ2) is 7.75. The second-order valence-corrected chi connectivity index (χ2v) is 4.31. The van der Waals surface area contributed by atoms with Crippen LogP contribution in [0.15, 0.2) is 35.3 Å². The first kappa shape index (κ1) is 13.6. The van der Waals surface area contributed by atoms with Crippen LogP contribution in [0.3, 0.4) is 0 Å². The van der Waals surface area contributed by atoms with Crippen molar-refractivity contribution in [1.29, 1.82) is 5.26 Å². The number of nitriles is 1. The maximum absolute atomic E-state index is 8.71. The van der Waals surface area contributed by atoms with Gasteiger partial charge in [0.05, 0.1) is 0 Å². The van der Waals surface area contributed by atoms with Crippen LogP contribution in [-0.4, -0.2) is 18.0 Å². The minimum Gasteiger partial charge on any atom is -0.320 e. The molecule has 0 aliphatic rings. The molecule has 90 valence electrons. The Labute approximate surface area is 107 Å². The molecule has 0 aromatic heterocycles. The van der Waals surface area contributed by atoms with Crippen LogP contribution in [0, 0.1) is 11.5 Å². The Hall–Kier alpha value is -1.47. The van der Waals surface area contributed by atoms with Crippen molar-refractivity contribution in [2.45, 2.75) is 19.8 Å². The van der Waals surface area contributed by atoms with E-state index >= 15 is 0 Å². The van der Waals surface area contributed by atoms with E-state index in [0.29, 0.717) is 0 Å². The van der Waals surface area contributed by atoms with Crippen LogP contribution >= 0.6 is 11.8 Å². The summed E-state index contributed by atoms with van der Waals surface area (Å²) in [5.41, 5.74) is 1.09. The lowest BCUT2D eigenvalue weighted by molar-refractivity contribution is 0.797. The number of rotatable bonds is 4. The molecule has 0 fully saturated rings. The normalized spacial score (nSPS) is 11.0. The third-order valence-corrected chi connectivity index (χ3v) is 3.04. The Bertz CT molecular complexity index is 395. The van der Waals surface area contributed by atoms with Gasteiger partial charge in [-0.2, -0.15) is 5.26 Å². The van der Waals surface area contributed by atoms with Crippen LogP contribution in [-0.2, 0) is 0 Å². The molecule has 0 spiro atoms. The summed E-state index contributed by atoms with van der Waals surface area (Å²) in [5.74, 6) is 0. The molecule has 0 N–H and O–H groups in total. The number of unbranched alkanes of at least 4 members (excludes halogenated alkanes) is 1. The highest BCUT2D eigenvalue weighted by molar-refractivity contribution is 8.13. The zero-order chi connectivity index (χ0) is 12.5. The van der Waals surface area contributed by atoms with Gasteiger partial charge in [0.1, 0.15) is 0 Å².